The standard InChI is InChI=1S/C14H12BrN3O3/c1-8-2-3-12(13(4-8)18(20)21)17-14(19)9-5-10(15)7-11(16)6-9/h2-7H,16H2,1H3,(H,17,19). The number of aryl methyl sites for hydroxylation is 1. The van der Waals surface area contributed by atoms with Gasteiger partial charge in [0, 0.05) is 21.8 Å². The van der Waals surface area contributed by atoms with E-state index in [9.17, 15) is 14.9 Å². The van der Waals surface area contributed by atoms with Crippen LogP contribution in [0.2, 0.25) is 0 Å². The van der Waals surface area contributed by atoms with Crippen molar-refractivity contribution in [1.82, 2.24) is 0 Å². The van der Waals surface area contributed by atoms with Gasteiger partial charge in [-0.2, -0.15) is 0 Å². The van der Waals surface area contributed by atoms with Gasteiger partial charge in [0.25, 0.3) is 11.6 Å². The zero-order valence-corrected chi connectivity index (χ0v) is 12.7. The highest BCUT2D eigenvalue weighted by Gasteiger charge is 2.17. The molecule has 2 aromatic carbocycles. The van der Waals surface area contributed by atoms with E-state index in [1.54, 1.807) is 25.1 Å². The van der Waals surface area contributed by atoms with E-state index < -0.39 is 10.8 Å². The van der Waals surface area contributed by atoms with Crippen LogP contribution in [0.5, 0.6) is 0 Å². The first-order valence-corrected chi connectivity index (χ1v) is 6.78. The van der Waals surface area contributed by atoms with E-state index in [4.69, 9.17) is 5.73 Å². The molecule has 0 unspecified atom stereocenters. The van der Waals surface area contributed by atoms with E-state index in [1.807, 2.05) is 0 Å². The van der Waals surface area contributed by atoms with Crippen LogP contribution in [-0.4, -0.2) is 10.8 Å². The number of nitro groups is 1. The van der Waals surface area contributed by atoms with Crippen molar-refractivity contribution in [1.29, 1.82) is 0 Å². The van der Waals surface area contributed by atoms with Crippen molar-refractivity contribution in [2.24, 2.45) is 0 Å². The molecule has 2 aromatic rings. The van der Waals surface area contributed by atoms with E-state index in [-0.39, 0.29) is 11.4 Å². The molecule has 0 saturated carbocycles. The Balaban J connectivity index is 2.33. The highest BCUT2D eigenvalue weighted by Crippen LogP contribution is 2.26. The van der Waals surface area contributed by atoms with E-state index in [0.717, 1.165) is 5.56 Å². The lowest BCUT2D eigenvalue weighted by molar-refractivity contribution is -0.384. The van der Waals surface area contributed by atoms with Crippen LogP contribution < -0.4 is 11.1 Å². The summed E-state index contributed by atoms with van der Waals surface area (Å²) >= 11 is 3.25. The number of carbonyl (C=O) groups is 1. The van der Waals surface area contributed by atoms with Gasteiger partial charge in [0.1, 0.15) is 5.69 Å². The minimum atomic E-state index is -0.530. The third-order valence-electron chi connectivity index (χ3n) is 2.78. The van der Waals surface area contributed by atoms with Crippen molar-refractivity contribution in [3.63, 3.8) is 0 Å². The predicted molar refractivity (Wildman–Crippen MR) is 84.3 cm³/mol. The Hall–Kier alpha value is -2.41. The summed E-state index contributed by atoms with van der Waals surface area (Å²) in [4.78, 5) is 22.7. The molecule has 0 aliphatic carbocycles. The summed E-state index contributed by atoms with van der Waals surface area (Å²) in [5.41, 5.74) is 7.15. The van der Waals surface area contributed by atoms with Crippen LogP contribution in [0, 0.1) is 17.0 Å². The van der Waals surface area contributed by atoms with Crippen molar-refractivity contribution in [2.45, 2.75) is 6.92 Å². The number of hydrogen-bond acceptors (Lipinski definition) is 4. The molecule has 0 aromatic heterocycles. The molecule has 0 atom stereocenters. The Morgan fingerprint density at radius 1 is 1.29 bits per heavy atom. The third kappa shape index (κ3) is 3.57. The maximum absolute atomic E-state index is 12.2. The lowest BCUT2D eigenvalue weighted by Crippen LogP contribution is -2.13. The first kappa shape index (κ1) is 15.0. The van der Waals surface area contributed by atoms with Crippen molar-refractivity contribution in [3.05, 3.63) is 62.1 Å². The van der Waals surface area contributed by atoms with Gasteiger partial charge in [-0.05, 0) is 36.8 Å². The Morgan fingerprint density at radius 3 is 2.62 bits per heavy atom. The van der Waals surface area contributed by atoms with Crippen LogP contribution in [0.3, 0.4) is 0 Å². The Bertz CT molecular complexity index is 711. The molecule has 1 amide bonds. The number of amides is 1. The van der Waals surface area contributed by atoms with E-state index in [2.05, 4.69) is 21.2 Å². The Labute approximate surface area is 129 Å². The molecular weight excluding hydrogens is 338 g/mol. The fourth-order valence-corrected chi connectivity index (χ4v) is 2.35. The number of benzene rings is 2. The zero-order chi connectivity index (χ0) is 15.6. The SMILES string of the molecule is Cc1ccc(NC(=O)c2cc(N)cc(Br)c2)c([N+](=O)[O-])c1. The van der Waals surface area contributed by atoms with Crippen LogP contribution in [0.4, 0.5) is 17.1 Å². The number of nitrogens with one attached hydrogen (secondary N) is 1. The first-order valence-electron chi connectivity index (χ1n) is 5.99. The number of anilines is 2. The molecule has 108 valence electrons. The fraction of sp³-hybridized carbons (Fsp3) is 0.0714. The van der Waals surface area contributed by atoms with Crippen molar-refractivity contribution in [3.8, 4) is 0 Å². The highest BCUT2D eigenvalue weighted by molar-refractivity contribution is 9.10. The van der Waals surface area contributed by atoms with Gasteiger partial charge >= 0.3 is 0 Å². The van der Waals surface area contributed by atoms with Gasteiger partial charge in [-0.3, -0.25) is 14.9 Å². The van der Waals surface area contributed by atoms with Crippen LogP contribution in [0.1, 0.15) is 15.9 Å². The lowest BCUT2D eigenvalue weighted by atomic mass is 10.1. The zero-order valence-electron chi connectivity index (χ0n) is 11.1. The molecule has 3 N–H and O–H groups in total. The van der Waals surface area contributed by atoms with Gasteiger partial charge in [-0.15, -0.1) is 0 Å². The van der Waals surface area contributed by atoms with Gasteiger partial charge < -0.3 is 11.1 Å². The second-order valence-electron chi connectivity index (χ2n) is 4.51. The number of rotatable bonds is 3. The largest absolute Gasteiger partial charge is 0.399 e. The average Bonchev–Trinajstić information content (AvgIpc) is 2.39. The van der Waals surface area contributed by atoms with Gasteiger partial charge in [0.15, 0.2) is 0 Å². The molecule has 0 saturated heterocycles. The van der Waals surface area contributed by atoms with Gasteiger partial charge in [0.05, 0.1) is 4.92 Å². The van der Waals surface area contributed by atoms with Crippen LogP contribution >= 0.6 is 15.9 Å². The smallest absolute Gasteiger partial charge is 0.293 e. The summed E-state index contributed by atoms with van der Waals surface area (Å²) in [6.07, 6.45) is 0. The second kappa shape index (κ2) is 5.92. The molecule has 0 radical (unpaired) electrons. The average molecular weight is 350 g/mol. The summed E-state index contributed by atoms with van der Waals surface area (Å²) in [5, 5.41) is 13.6. The van der Waals surface area contributed by atoms with Crippen molar-refractivity contribution < 1.29 is 9.72 Å². The molecule has 21 heavy (non-hydrogen) atoms. The summed E-state index contributed by atoms with van der Waals surface area (Å²) in [7, 11) is 0. The molecule has 0 bridgehead atoms. The molecule has 0 aliphatic rings. The maximum Gasteiger partial charge on any atom is 0.293 e. The molecule has 2 rings (SSSR count). The molecule has 6 nitrogen and oxygen atoms in total. The maximum atomic E-state index is 12.2. The number of carbonyl (C=O) groups excluding carboxylic acids is 1. The van der Waals surface area contributed by atoms with Gasteiger partial charge in [-0.1, -0.05) is 22.0 Å². The first-order chi connectivity index (χ1) is 9.86. The molecular formula is C14H12BrN3O3. The molecule has 0 fully saturated rings. The van der Waals surface area contributed by atoms with E-state index >= 15 is 0 Å². The van der Waals surface area contributed by atoms with Crippen molar-refractivity contribution in [2.75, 3.05) is 11.1 Å². The summed E-state index contributed by atoms with van der Waals surface area (Å²) < 4.78 is 0.658. The quantitative estimate of drug-likeness (QED) is 0.503. The minimum absolute atomic E-state index is 0.147. The van der Waals surface area contributed by atoms with Gasteiger partial charge in [0.2, 0.25) is 0 Å². The Kier molecular flexibility index (Phi) is 4.23. The summed E-state index contributed by atoms with van der Waals surface area (Å²) in [5.74, 6) is -0.463. The minimum Gasteiger partial charge on any atom is -0.399 e. The number of nitrogen functional groups attached to an aromatic ring is 1. The summed E-state index contributed by atoms with van der Waals surface area (Å²) in [6, 6.07) is 9.35. The lowest BCUT2D eigenvalue weighted by Gasteiger charge is -2.08. The van der Waals surface area contributed by atoms with E-state index in [0.29, 0.717) is 15.7 Å². The van der Waals surface area contributed by atoms with Crippen LogP contribution in [0.15, 0.2) is 40.9 Å². The molecule has 0 spiro atoms. The third-order valence-corrected chi connectivity index (χ3v) is 3.24. The number of nitrogens with two attached hydrogens (primary N) is 1. The second-order valence-corrected chi connectivity index (χ2v) is 5.42. The highest BCUT2D eigenvalue weighted by atomic mass is 79.9. The summed E-state index contributed by atoms with van der Waals surface area (Å²) in [6.45, 7) is 1.74. The van der Waals surface area contributed by atoms with Crippen LogP contribution in [0.25, 0.3) is 0 Å². The number of hydrogen-bond donors (Lipinski definition) is 2. The number of nitro benzene ring substituents is 1. The number of halogens is 1. The van der Waals surface area contributed by atoms with Crippen molar-refractivity contribution >= 4 is 38.9 Å². The molecule has 0 aliphatic heterocycles. The Morgan fingerprint density at radius 2 is 2.00 bits per heavy atom. The van der Waals surface area contributed by atoms with Crippen LogP contribution in [-0.2, 0) is 0 Å². The van der Waals surface area contributed by atoms with Gasteiger partial charge in [-0.25, -0.2) is 0 Å². The number of nitrogens with zero attached hydrogens (tertiary/aromatic N) is 1. The predicted octanol–water partition coefficient (Wildman–Crippen LogP) is 3.50. The fourth-order valence-electron chi connectivity index (χ4n) is 1.84. The monoisotopic (exact) mass is 349 g/mol. The molecule has 7 heteroatoms. The molecule has 0 heterocycles. The van der Waals surface area contributed by atoms with E-state index in [1.165, 1.54) is 18.2 Å². The topological polar surface area (TPSA) is 98.3 Å². The normalized spacial score (nSPS) is 10.2.